The maximum atomic E-state index is 14.0. The van der Waals surface area contributed by atoms with Crippen LogP contribution in [0, 0.1) is 28.8 Å². The van der Waals surface area contributed by atoms with Gasteiger partial charge in [0.2, 0.25) is 0 Å². The largest absolute Gasteiger partial charge is 0.356 e. The molecule has 5 rings (SSSR count). The van der Waals surface area contributed by atoms with Crippen LogP contribution < -0.4 is 4.90 Å². The van der Waals surface area contributed by atoms with E-state index >= 15 is 0 Å². The Kier molecular flexibility index (Phi) is 4.63. The molecule has 0 aliphatic carbocycles. The van der Waals surface area contributed by atoms with Gasteiger partial charge in [0.1, 0.15) is 41.1 Å². The third kappa shape index (κ3) is 3.22. The number of halogens is 3. The number of hydrogen-bond acceptors (Lipinski definition) is 5. The number of carbonyl (C=O) groups excluding carboxylic acids is 1. The molecule has 3 aliphatic heterocycles. The number of pyridine rings is 1. The molecule has 2 unspecified atom stereocenters. The van der Waals surface area contributed by atoms with Crippen LogP contribution in [-0.4, -0.2) is 40.7 Å². The van der Waals surface area contributed by atoms with Crippen molar-refractivity contribution in [1.29, 1.82) is 5.26 Å². The Bertz CT molecular complexity index is 1070. The lowest BCUT2D eigenvalue weighted by molar-refractivity contribution is -0.140. The number of ether oxygens (including phenoxy) is 1. The molecular weight excluding hydrogens is 409 g/mol. The van der Waals surface area contributed by atoms with Crippen LogP contribution in [0.1, 0.15) is 42.9 Å². The van der Waals surface area contributed by atoms with Gasteiger partial charge in [0.15, 0.2) is 5.60 Å². The van der Waals surface area contributed by atoms with E-state index in [0.717, 1.165) is 6.07 Å². The summed E-state index contributed by atoms with van der Waals surface area (Å²) in [4.78, 5) is 21.0. The number of rotatable bonds is 2. The van der Waals surface area contributed by atoms with Crippen molar-refractivity contribution in [3.05, 3.63) is 59.0 Å². The van der Waals surface area contributed by atoms with Gasteiger partial charge in [-0.15, -0.1) is 0 Å². The van der Waals surface area contributed by atoms with Gasteiger partial charge in [-0.25, -0.2) is 18.2 Å². The van der Waals surface area contributed by atoms with Gasteiger partial charge in [-0.3, -0.25) is 4.79 Å². The number of nitrogens with zero attached hydrogens (tertiary/aromatic N) is 4. The van der Waals surface area contributed by atoms with E-state index in [1.165, 1.54) is 24.4 Å². The first-order valence-corrected chi connectivity index (χ1v) is 10.2. The lowest BCUT2D eigenvalue weighted by Crippen LogP contribution is -2.50. The molecule has 31 heavy (non-hydrogen) atoms. The summed E-state index contributed by atoms with van der Waals surface area (Å²) in [6.07, 6.45) is 2.75. The summed E-state index contributed by atoms with van der Waals surface area (Å²) in [5, 5.41) is 8.86. The number of amides is 1. The van der Waals surface area contributed by atoms with Gasteiger partial charge in [-0.1, -0.05) is 0 Å². The number of piperidine rings is 1. The Labute approximate surface area is 176 Å². The second-order valence-corrected chi connectivity index (χ2v) is 8.20. The molecule has 1 amide bonds. The van der Waals surface area contributed by atoms with Crippen LogP contribution in [0.15, 0.2) is 30.5 Å². The highest BCUT2D eigenvalue weighted by atomic mass is 19.1. The lowest BCUT2D eigenvalue weighted by atomic mass is 9.89. The van der Waals surface area contributed by atoms with Crippen LogP contribution in [0.5, 0.6) is 0 Å². The fourth-order valence-corrected chi connectivity index (χ4v) is 4.91. The molecule has 2 atom stereocenters. The van der Waals surface area contributed by atoms with Gasteiger partial charge in [0, 0.05) is 38.1 Å². The zero-order valence-corrected chi connectivity index (χ0v) is 16.5. The summed E-state index contributed by atoms with van der Waals surface area (Å²) < 4.78 is 47.6. The predicted octanol–water partition coefficient (Wildman–Crippen LogP) is 3.43. The van der Waals surface area contributed by atoms with E-state index in [0.29, 0.717) is 50.2 Å². The molecule has 1 aromatic carbocycles. The van der Waals surface area contributed by atoms with Crippen molar-refractivity contribution >= 4 is 11.7 Å². The van der Waals surface area contributed by atoms with E-state index in [1.54, 1.807) is 11.0 Å². The summed E-state index contributed by atoms with van der Waals surface area (Å²) in [6, 6.07) is 5.89. The van der Waals surface area contributed by atoms with E-state index in [2.05, 4.69) is 4.98 Å². The van der Waals surface area contributed by atoms with Gasteiger partial charge in [0.05, 0.1) is 12.2 Å². The number of anilines is 1. The van der Waals surface area contributed by atoms with Crippen molar-refractivity contribution in [3.63, 3.8) is 0 Å². The van der Waals surface area contributed by atoms with Crippen LogP contribution in [0.3, 0.4) is 0 Å². The number of hydrogen-bond donors (Lipinski definition) is 0. The van der Waals surface area contributed by atoms with Gasteiger partial charge in [-0.05, 0) is 30.5 Å². The molecule has 9 heteroatoms. The SMILES string of the molecule is N#Cc1cnc(N2CCC3(CC2)OC2CCC(c4cc(F)cc(F)c4)N2C3=O)cc1F. The molecule has 3 saturated heterocycles. The first kappa shape index (κ1) is 19.8. The van der Waals surface area contributed by atoms with Gasteiger partial charge >= 0.3 is 0 Å². The minimum Gasteiger partial charge on any atom is -0.356 e. The maximum Gasteiger partial charge on any atom is 0.257 e. The van der Waals surface area contributed by atoms with Crippen molar-refractivity contribution in [2.24, 2.45) is 0 Å². The first-order valence-electron chi connectivity index (χ1n) is 10.2. The summed E-state index contributed by atoms with van der Waals surface area (Å²) in [6.45, 7) is 0.869. The minimum atomic E-state index is -0.989. The molecule has 6 nitrogen and oxygen atoms in total. The molecule has 0 N–H and O–H groups in total. The minimum absolute atomic E-state index is 0.119. The number of nitriles is 1. The fourth-order valence-electron chi connectivity index (χ4n) is 4.91. The number of aromatic nitrogens is 1. The Morgan fingerprint density at radius 1 is 1.10 bits per heavy atom. The monoisotopic (exact) mass is 428 g/mol. The molecule has 2 aromatic rings. The second kappa shape index (κ2) is 7.24. The predicted molar refractivity (Wildman–Crippen MR) is 103 cm³/mol. The smallest absolute Gasteiger partial charge is 0.257 e. The maximum absolute atomic E-state index is 14.0. The third-order valence-corrected chi connectivity index (χ3v) is 6.44. The topological polar surface area (TPSA) is 69.5 Å². The molecule has 1 spiro atoms. The third-order valence-electron chi connectivity index (χ3n) is 6.44. The number of fused-ring (bicyclic) bond motifs is 1. The zero-order valence-electron chi connectivity index (χ0n) is 16.5. The van der Waals surface area contributed by atoms with Crippen molar-refractivity contribution in [2.75, 3.05) is 18.0 Å². The Morgan fingerprint density at radius 3 is 2.45 bits per heavy atom. The Morgan fingerprint density at radius 2 is 1.81 bits per heavy atom. The molecule has 1 aromatic heterocycles. The molecule has 4 heterocycles. The molecule has 0 bridgehead atoms. The molecule has 3 fully saturated rings. The molecule has 160 valence electrons. The van der Waals surface area contributed by atoms with Crippen molar-refractivity contribution < 1.29 is 22.7 Å². The number of benzene rings is 1. The van der Waals surface area contributed by atoms with E-state index in [4.69, 9.17) is 10.00 Å². The quantitative estimate of drug-likeness (QED) is 0.733. The van der Waals surface area contributed by atoms with E-state index in [1.807, 2.05) is 4.90 Å². The average Bonchev–Trinajstić information content (AvgIpc) is 3.26. The average molecular weight is 428 g/mol. The number of carbonyl (C=O) groups is 1. The lowest BCUT2D eigenvalue weighted by Gasteiger charge is -2.38. The highest BCUT2D eigenvalue weighted by Gasteiger charge is 2.58. The standard InChI is InChI=1S/C22H19F3N4O2/c23-15-7-13(8-16(24)9-15)18-1-2-20-29(18)21(30)22(31-20)3-5-28(6-4-22)19-10-17(25)14(11-26)12-27-19/h7-10,12,18,20H,1-6H2. The van der Waals surface area contributed by atoms with Crippen LogP contribution in [0.2, 0.25) is 0 Å². The molecular formula is C22H19F3N4O2. The Balaban J connectivity index is 1.33. The van der Waals surface area contributed by atoms with Crippen LogP contribution in [0.25, 0.3) is 0 Å². The summed E-state index contributed by atoms with van der Waals surface area (Å²) in [7, 11) is 0. The van der Waals surface area contributed by atoms with Crippen LogP contribution in [0.4, 0.5) is 19.0 Å². The summed E-state index contributed by atoms with van der Waals surface area (Å²) in [5.41, 5.74) is -0.674. The molecule has 0 saturated carbocycles. The van der Waals surface area contributed by atoms with Gasteiger partial charge in [-0.2, -0.15) is 5.26 Å². The van der Waals surface area contributed by atoms with Gasteiger partial charge < -0.3 is 14.5 Å². The van der Waals surface area contributed by atoms with E-state index in [9.17, 15) is 18.0 Å². The van der Waals surface area contributed by atoms with Crippen LogP contribution in [-0.2, 0) is 9.53 Å². The highest BCUT2D eigenvalue weighted by Crippen LogP contribution is 2.48. The Hall–Kier alpha value is -3.12. The van der Waals surface area contributed by atoms with Crippen molar-refractivity contribution in [1.82, 2.24) is 9.88 Å². The van der Waals surface area contributed by atoms with Gasteiger partial charge in [0.25, 0.3) is 5.91 Å². The van der Waals surface area contributed by atoms with E-state index in [-0.39, 0.29) is 11.5 Å². The van der Waals surface area contributed by atoms with Crippen molar-refractivity contribution in [3.8, 4) is 6.07 Å². The molecule has 3 aliphatic rings. The summed E-state index contributed by atoms with van der Waals surface area (Å²) in [5.74, 6) is -1.73. The summed E-state index contributed by atoms with van der Waals surface area (Å²) >= 11 is 0. The fraction of sp³-hybridized carbons (Fsp3) is 0.409. The van der Waals surface area contributed by atoms with E-state index < -0.39 is 35.3 Å². The van der Waals surface area contributed by atoms with Crippen LogP contribution >= 0.6 is 0 Å². The highest BCUT2D eigenvalue weighted by molar-refractivity contribution is 5.88. The zero-order chi connectivity index (χ0) is 21.8. The molecule has 0 radical (unpaired) electrons. The first-order chi connectivity index (χ1) is 14.9. The normalized spacial score (nSPS) is 24.5. The van der Waals surface area contributed by atoms with Crippen molar-refractivity contribution in [2.45, 2.75) is 43.6 Å². The second-order valence-electron chi connectivity index (χ2n) is 8.20.